The third-order valence-corrected chi connectivity index (χ3v) is 2.90. The predicted octanol–water partition coefficient (Wildman–Crippen LogP) is 3.33. The Kier molecular flexibility index (Phi) is 3.88. The Bertz CT molecular complexity index is 568. The summed E-state index contributed by atoms with van der Waals surface area (Å²) >= 11 is 1.43. The summed E-state index contributed by atoms with van der Waals surface area (Å²) in [5.41, 5.74) is -1.26. The van der Waals surface area contributed by atoms with Crippen molar-refractivity contribution in [2.45, 2.75) is 4.49 Å². The summed E-state index contributed by atoms with van der Waals surface area (Å²) in [5.74, 6) is -9.07. The van der Waals surface area contributed by atoms with Crippen LogP contribution in [0.25, 0.3) is 5.57 Å². The van der Waals surface area contributed by atoms with Gasteiger partial charge in [-0.25, -0.2) is 0 Å². The normalized spacial score (nSPS) is 18.8. The van der Waals surface area contributed by atoms with E-state index in [4.69, 9.17) is 0 Å². The molecule has 0 nitrogen and oxygen atoms in total. The zero-order valence-electron chi connectivity index (χ0n) is 9.65. The molecule has 0 fully saturated rings. The van der Waals surface area contributed by atoms with Gasteiger partial charge in [-0.15, -0.1) is 0 Å². The van der Waals surface area contributed by atoms with E-state index in [1.165, 1.54) is 17.7 Å². The zero-order valence-corrected chi connectivity index (χ0v) is 9.65. The predicted molar refractivity (Wildman–Crippen MR) is 59.7 cm³/mol. The van der Waals surface area contributed by atoms with E-state index < -0.39 is 46.1 Å². The second-order valence-corrected chi connectivity index (χ2v) is 4.23. The SMILES string of the molecule is [Li][CH]1C=C(c2c(F)c(F)c(F)c(F)c2F)C=CB1F. The molecule has 0 amide bonds. The van der Waals surface area contributed by atoms with Gasteiger partial charge in [0.25, 0.3) is 0 Å². The number of hydrogen-bond donors (Lipinski definition) is 0. The Labute approximate surface area is 114 Å². The minimum absolute atomic E-state index is 0.228. The van der Waals surface area contributed by atoms with E-state index >= 15 is 0 Å². The van der Waals surface area contributed by atoms with Gasteiger partial charge in [-0.1, -0.05) is 0 Å². The van der Waals surface area contributed by atoms with Gasteiger partial charge in [-0.2, -0.15) is 0 Å². The van der Waals surface area contributed by atoms with Crippen molar-refractivity contribution in [1.82, 2.24) is 0 Å². The quantitative estimate of drug-likeness (QED) is 0.317. The summed E-state index contributed by atoms with van der Waals surface area (Å²) in [7, 11) is 0. The van der Waals surface area contributed by atoms with Gasteiger partial charge in [0, 0.05) is 0 Å². The molecule has 0 saturated heterocycles. The summed E-state index contributed by atoms with van der Waals surface area (Å²) in [4.78, 5) is 0. The molecule has 0 aliphatic carbocycles. The van der Waals surface area contributed by atoms with Gasteiger partial charge >= 0.3 is 114 Å². The molecule has 8 heteroatoms. The third-order valence-electron chi connectivity index (χ3n) is 2.90. The van der Waals surface area contributed by atoms with E-state index in [-0.39, 0.29) is 5.57 Å². The second-order valence-electron chi connectivity index (χ2n) is 4.23. The average molecular weight is 268 g/mol. The van der Waals surface area contributed by atoms with Crippen molar-refractivity contribution in [3.8, 4) is 0 Å². The van der Waals surface area contributed by atoms with Gasteiger partial charge < -0.3 is 0 Å². The van der Waals surface area contributed by atoms with Crippen molar-refractivity contribution in [3.05, 3.63) is 52.8 Å². The van der Waals surface area contributed by atoms with Crippen LogP contribution in [0.5, 0.6) is 0 Å². The zero-order chi connectivity index (χ0) is 14.3. The first-order chi connectivity index (χ1) is 8.84. The molecule has 0 radical (unpaired) electrons. The van der Waals surface area contributed by atoms with Gasteiger partial charge in [0.05, 0.1) is 0 Å². The third kappa shape index (κ3) is 2.37. The molecule has 94 valence electrons. The van der Waals surface area contributed by atoms with Crippen LogP contribution in [0.2, 0.25) is 4.49 Å². The Hall–Kier alpha value is -1.06. The molecule has 1 heterocycles. The average Bonchev–Trinajstić information content (AvgIpc) is 2.38. The van der Waals surface area contributed by atoms with Gasteiger partial charge in [0.2, 0.25) is 0 Å². The van der Waals surface area contributed by atoms with Gasteiger partial charge in [-0.3, -0.25) is 0 Å². The molecule has 1 aromatic rings. The Morgan fingerprint density at radius 3 is 1.84 bits per heavy atom. The Morgan fingerprint density at radius 2 is 1.37 bits per heavy atom. The number of hydrogen-bond acceptors (Lipinski definition) is 0. The maximum absolute atomic E-state index is 13.5. The van der Waals surface area contributed by atoms with Crippen molar-refractivity contribution in [2.24, 2.45) is 0 Å². The molecule has 1 atom stereocenters. The minimum atomic E-state index is -2.21. The van der Waals surface area contributed by atoms with Crippen molar-refractivity contribution in [3.63, 3.8) is 0 Å². The van der Waals surface area contributed by atoms with Crippen LogP contribution in [-0.4, -0.2) is 24.7 Å². The maximum atomic E-state index is 13.5. The number of benzene rings is 1. The van der Waals surface area contributed by atoms with Crippen LogP contribution in [0.15, 0.2) is 18.1 Å². The van der Waals surface area contributed by atoms with E-state index in [0.717, 1.165) is 18.1 Å². The van der Waals surface area contributed by atoms with Crippen LogP contribution >= 0.6 is 0 Å². The monoisotopic (exact) mass is 268 g/mol. The van der Waals surface area contributed by atoms with E-state index in [1.807, 2.05) is 0 Å². The number of halogens is 6. The molecular formula is C11H4BF6Li. The first-order valence-corrected chi connectivity index (χ1v) is 5.40. The van der Waals surface area contributed by atoms with Gasteiger partial charge in [0.1, 0.15) is 0 Å². The molecule has 19 heavy (non-hydrogen) atoms. The van der Waals surface area contributed by atoms with Gasteiger partial charge in [0.15, 0.2) is 0 Å². The molecule has 1 aromatic carbocycles. The second kappa shape index (κ2) is 5.14. The van der Waals surface area contributed by atoms with Crippen molar-refractivity contribution in [2.75, 3.05) is 0 Å². The van der Waals surface area contributed by atoms with E-state index in [1.54, 1.807) is 0 Å². The van der Waals surface area contributed by atoms with Crippen molar-refractivity contribution >= 4 is 30.3 Å². The molecule has 0 saturated carbocycles. The summed E-state index contributed by atoms with van der Waals surface area (Å²) in [5, 5.41) is 0. The topological polar surface area (TPSA) is 0 Å². The summed E-state index contributed by atoms with van der Waals surface area (Å²) < 4.78 is 78.5. The first kappa shape index (κ1) is 14.4. The fraction of sp³-hybridized carbons (Fsp3) is 0.0909. The van der Waals surface area contributed by atoms with Crippen LogP contribution in [0.4, 0.5) is 26.3 Å². The Morgan fingerprint density at radius 1 is 0.895 bits per heavy atom. The number of rotatable bonds is 1. The van der Waals surface area contributed by atoms with Crippen molar-refractivity contribution < 1.29 is 26.3 Å². The van der Waals surface area contributed by atoms with Crippen LogP contribution in [0, 0.1) is 29.1 Å². The molecule has 1 unspecified atom stereocenters. The molecule has 2 rings (SSSR count). The molecule has 0 bridgehead atoms. The molecule has 0 aromatic heterocycles. The molecule has 1 aliphatic rings. The Balaban J connectivity index is 2.65. The molecular weight excluding hydrogens is 264 g/mol. The van der Waals surface area contributed by atoms with Crippen molar-refractivity contribution in [1.29, 1.82) is 0 Å². The fourth-order valence-corrected chi connectivity index (χ4v) is 1.83. The van der Waals surface area contributed by atoms with E-state index in [0.29, 0.717) is 0 Å². The first-order valence-electron chi connectivity index (χ1n) is 5.40. The molecule has 0 spiro atoms. The number of allylic oxidation sites excluding steroid dienone is 3. The summed E-state index contributed by atoms with van der Waals surface area (Å²) in [6.07, 6.45) is 2.13. The van der Waals surface area contributed by atoms with Crippen LogP contribution in [0.1, 0.15) is 5.56 Å². The van der Waals surface area contributed by atoms with Crippen LogP contribution in [-0.2, 0) is 0 Å². The summed E-state index contributed by atoms with van der Waals surface area (Å²) in [6, 6.07) is 0. The van der Waals surface area contributed by atoms with Crippen LogP contribution < -0.4 is 0 Å². The van der Waals surface area contributed by atoms with Gasteiger partial charge in [-0.05, 0) is 0 Å². The molecule has 1 aliphatic heterocycles. The van der Waals surface area contributed by atoms with E-state index in [2.05, 4.69) is 0 Å². The summed E-state index contributed by atoms with van der Waals surface area (Å²) in [6.45, 7) is -1.36. The molecule has 0 N–H and O–H groups in total. The standard InChI is InChI=1S/C11H4BF6.Li/c13-7-6(5-1-3-12(18)4-2-5)8(14)10(16)11(17)9(7)15;/h1-4H;. The fourth-order valence-electron chi connectivity index (χ4n) is 1.83. The van der Waals surface area contributed by atoms with E-state index in [9.17, 15) is 26.3 Å². The van der Waals surface area contributed by atoms with Crippen LogP contribution in [0.3, 0.4) is 0 Å².